The second-order valence-electron chi connectivity index (χ2n) is 6.56. The smallest absolute Gasteiger partial charge is 0.252 e. The van der Waals surface area contributed by atoms with Gasteiger partial charge in [0.15, 0.2) is 0 Å². The number of rotatable bonds is 5. The Morgan fingerprint density at radius 2 is 2.24 bits per heavy atom. The van der Waals surface area contributed by atoms with Crippen molar-refractivity contribution in [2.24, 2.45) is 7.05 Å². The van der Waals surface area contributed by atoms with Crippen LogP contribution in [0, 0.1) is 0 Å². The molecule has 0 saturated carbocycles. The molecule has 1 aliphatic rings. The number of aromatic nitrogens is 3. The Labute approximate surface area is 148 Å². The summed E-state index contributed by atoms with van der Waals surface area (Å²) in [5.74, 6) is 0.772. The highest BCUT2D eigenvalue weighted by Crippen LogP contribution is 2.30. The minimum atomic E-state index is -0.425. The fourth-order valence-corrected chi connectivity index (χ4v) is 2.98. The highest BCUT2D eigenvalue weighted by molar-refractivity contribution is 5.94. The van der Waals surface area contributed by atoms with Gasteiger partial charge in [-0.25, -0.2) is 4.98 Å². The molecule has 7 nitrogen and oxygen atoms in total. The van der Waals surface area contributed by atoms with Crippen molar-refractivity contribution >= 4 is 11.7 Å². The van der Waals surface area contributed by atoms with Gasteiger partial charge in [0.2, 0.25) is 0 Å². The molecular weight excluding hydrogens is 318 g/mol. The summed E-state index contributed by atoms with van der Waals surface area (Å²) < 4.78 is 7.82. The fourth-order valence-electron chi connectivity index (χ4n) is 2.98. The van der Waals surface area contributed by atoms with Crippen LogP contribution in [-0.4, -0.2) is 46.9 Å². The molecule has 1 fully saturated rings. The zero-order valence-corrected chi connectivity index (χ0v) is 15.0. The van der Waals surface area contributed by atoms with E-state index >= 15 is 0 Å². The maximum atomic E-state index is 12.0. The predicted molar refractivity (Wildman–Crippen MR) is 95.6 cm³/mol. The van der Waals surface area contributed by atoms with E-state index in [4.69, 9.17) is 4.74 Å². The van der Waals surface area contributed by atoms with Gasteiger partial charge in [0.1, 0.15) is 11.4 Å². The number of nitrogens with one attached hydrogen (secondary N) is 1. The van der Waals surface area contributed by atoms with E-state index in [2.05, 4.69) is 27.2 Å². The summed E-state index contributed by atoms with van der Waals surface area (Å²) >= 11 is 0. The molecule has 0 aliphatic carbocycles. The first kappa shape index (κ1) is 17.4. The number of anilines is 1. The Kier molecular flexibility index (Phi) is 5.03. The summed E-state index contributed by atoms with van der Waals surface area (Å²) in [5, 5.41) is 7.11. The Morgan fingerprint density at radius 3 is 2.88 bits per heavy atom. The molecule has 1 amide bonds. The summed E-state index contributed by atoms with van der Waals surface area (Å²) in [4.78, 5) is 18.7. The summed E-state index contributed by atoms with van der Waals surface area (Å²) in [6, 6.07) is 3.72. The van der Waals surface area contributed by atoms with E-state index in [0.717, 1.165) is 24.3 Å². The van der Waals surface area contributed by atoms with E-state index in [9.17, 15) is 4.79 Å². The SMILES string of the molecule is CCCNC(=O)c1ccc(N2CCOC(C)(c3cnn(C)c3)C2)nc1. The molecule has 25 heavy (non-hydrogen) atoms. The first-order chi connectivity index (χ1) is 12.0. The molecule has 0 radical (unpaired) electrons. The highest BCUT2D eigenvalue weighted by Gasteiger charge is 2.35. The normalized spacial score (nSPS) is 20.5. The number of amides is 1. The van der Waals surface area contributed by atoms with Crippen molar-refractivity contribution in [1.82, 2.24) is 20.1 Å². The zero-order chi connectivity index (χ0) is 17.9. The molecule has 3 rings (SSSR count). The monoisotopic (exact) mass is 343 g/mol. The molecule has 7 heteroatoms. The van der Waals surface area contributed by atoms with Crippen LogP contribution in [0.2, 0.25) is 0 Å². The number of ether oxygens (including phenoxy) is 1. The summed E-state index contributed by atoms with van der Waals surface area (Å²) in [6.45, 7) is 6.85. The molecule has 1 atom stereocenters. The van der Waals surface area contributed by atoms with E-state index in [1.807, 2.05) is 38.5 Å². The number of hydrogen-bond acceptors (Lipinski definition) is 5. The van der Waals surface area contributed by atoms with Gasteiger partial charge in [-0.05, 0) is 25.5 Å². The van der Waals surface area contributed by atoms with Crippen LogP contribution in [-0.2, 0) is 17.4 Å². The van der Waals surface area contributed by atoms with Crippen LogP contribution in [0.5, 0.6) is 0 Å². The second-order valence-corrected chi connectivity index (χ2v) is 6.56. The van der Waals surface area contributed by atoms with Gasteiger partial charge in [-0.3, -0.25) is 9.48 Å². The first-order valence-corrected chi connectivity index (χ1v) is 8.64. The van der Waals surface area contributed by atoms with E-state index in [0.29, 0.717) is 25.3 Å². The van der Waals surface area contributed by atoms with Gasteiger partial charge in [-0.2, -0.15) is 5.10 Å². The number of carbonyl (C=O) groups is 1. The molecule has 0 aromatic carbocycles. The molecule has 1 N–H and O–H groups in total. The molecule has 2 aromatic rings. The lowest BCUT2D eigenvalue weighted by molar-refractivity contribution is -0.0468. The number of nitrogens with zero attached hydrogens (tertiary/aromatic N) is 4. The van der Waals surface area contributed by atoms with Crippen LogP contribution in [0.1, 0.15) is 36.2 Å². The zero-order valence-electron chi connectivity index (χ0n) is 15.0. The van der Waals surface area contributed by atoms with Crippen molar-refractivity contribution in [1.29, 1.82) is 0 Å². The van der Waals surface area contributed by atoms with E-state index < -0.39 is 5.60 Å². The molecule has 1 unspecified atom stereocenters. The van der Waals surface area contributed by atoms with Crippen molar-refractivity contribution in [3.8, 4) is 0 Å². The molecule has 3 heterocycles. The van der Waals surface area contributed by atoms with Crippen molar-refractivity contribution in [2.45, 2.75) is 25.9 Å². The van der Waals surface area contributed by atoms with Gasteiger partial charge in [0.05, 0.1) is 24.9 Å². The number of pyridine rings is 1. The maximum absolute atomic E-state index is 12.0. The van der Waals surface area contributed by atoms with Crippen molar-refractivity contribution in [3.05, 3.63) is 41.9 Å². The van der Waals surface area contributed by atoms with E-state index in [-0.39, 0.29) is 5.91 Å². The Balaban J connectivity index is 1.72. The summed E-state index contributed by atoms with van der Waals surface area (Å²) in [5.41, 5.74) is 1.21. The quantitative estimate of drug-likeness (QED) is 0.895. The van der Waals surface area contributed by atoms with E-state index in [1.165, 1.54) is 0 Å². The van der Waals surface area contributed by atoms with Gasteiger partial charge in [-0.15, -0.1) is 0 Å². The van der Waals surface area contributed by atoms with Crippen LogP contribution in [0.15, 0.2) is 30.7 Å². The highest BCUT2D eigenvalue weighted by atomic mass is 16.5. The minimum absolute atomic E-state index is 0.0805. The summed E-state index contributed by atoms with van der Waals surface area (Å²) in [6.07, 6.45) is 6.38. The molecule has 134 valence electrons. The standard InChI is InChI=1S/C18H25N5O2/c1-4-7-19-17(24)14-5-6-16(20-10-14)23-8-9-25-18(2,13-23)15-11-21-22(3)12-15/h5-6,10-12H,4,7-9,13H2,1-3H3,(H,19,24). The lowest BCUT2D eigenvalue weighted by Gasteiger charge is -2.40. The molecule has 0 bridgehead atoms. The summed E-state index contributed by atoms with van der Waals surface area (Å²) in [7, 11) is 1.90. The van der Waals surface area contributed by atoms with Gasteiger partial charge in [0.25, 0.3) is 5.91 Å². The van der Waals surface area contributed by atoms with Crippen LogP contribution in [0.25, 0.3) is 0 Å². The molecule has 1 saturated heterocycles. The molecule has 1 aliphatic heterocycles. The third-order valence-corrected chi connectivity index (χ3v) is 4.46. The Bertz CT molecular complexity index is 727. The van der Waals surface area contributed by atoms with E-state index in [1.54, 1.807) is 10.9 Å². The first-order valence-electron chi connectivity index (χ1n) is 8.64. The average Bonchev–Trinajstić information content (AvgIpc) is 3.07. The predicted octanol–water partition coefficient (Wildman–Crippen LogP) is 1.71. The topological polar surface area (TPSA) is 72.3 Å². The van der Waals surface area contributed by atoms with Gasteiger partial charge < -0.3 is 15.0 Å². The number of morpholine rings is 1. The lowest BCUT2D eigenvalue weighted by Crippen LogP contribution is -2.48. The van der Waals surface area contributed by atoms with Crippen LogP contribution >= 0.6 is 0 Å². The number of carbonyl (C=O) groups excluding carboxylic acids is 1. The van der Waals surface area contributed by atoms with Crippen molar-refractivity contribution in [3.63, 3.8) is 0 Å². The minimum Gasteiger partial charge on any atom is -0.367 e. The Hall–Kier alpha value is -2.41. The third-order valence-electron chi connectivity index (χ3n) is 4.46. The fraction of sp³-hybridized carbons (Fsp3) is 0.500. The van der Waals surface area contributed by atoms with Crippen LogP contribution in [0.4, 0.5) is 5.82 Å². The average molecular weight is 343 g/mol. The van der Waals surface area contributed by atoms with Gasteiger partial charge >= 0.3 is 0 Å². The van der Waals surface area contributed by atoms with Crippen LogP contribution in [0.3, 0.4) is 0 Å². The van der Waals surface area contributed by atoms with Crippen molar-refractivity contribution < 1.29 is 9.53 Å². The third kappa shape index (κ3) is 3.82. The number of hydrogen-bond donors (Lipinski definition) is 1. The maximum Gasteiger partial charge on any atom is 0.252 e. The lowest BCUT2D eigenvalue weighted by atomic mass is 9.97. The Morgan fingerprint density at radius 1 is 1.40 bits per heavy atom. The molecule has 0 spiro atoms. The molecular formula is C18H25N5O2. The van der Waals surface area contributed by atoms with Crippen LogP contribution < -0.4 is 10.2 Å². The largest absolute Gasteiger partial charge is 0.367 e. The second kappa shape index (κ2) is 7.23. The van der Waals surface area contributed by atoms with Gasteiger partial charge in [-0.1, -0.05) is 6.92 Å². The van der Waals surface area contributed by atoms with Gasteiger partial charge in [0, 0.05) is 38.1 Å². The molecule has 2 aromatic heterocycles. The van der Waals surface area contributed by atoms with Crippen molar-refractivity contribution in [2.75, 3.05) is 31.1 Å². The number of aryl methyl sites for hydroxylation is 1.